The smallest absolute Gasteiger partial charge is 0.317 e. The predicted octanol–water partition coefficient (Wildman–Crippen LogP) is 2.03. The number of thioether (sulfide) groups is 1. The summed E-state index contributed by atoms with van der Waals surface area (Å²) in [7, 11) is 0. The number of carboxylic acid groups (broad SMARTS) is 1. The quantitative estimate of drug-likeness (QED) is 0.836. The highest BCUT2D eigenvalue weighted by Crippen LogP contribution is 2.48. The fraction of sp³-hybridized carbons (Fsp3) is 0.867. The van der Waals surface area contributed by atoms with Gasteiger partial charge in [-0.25, -0.2) is 4.79 Å². The minimum Gasteiger partial charge on any atom is -0.481 e. The first kappa shape index (κ1) is 15.0. The molecule has 0 aromatic heterocycles. The molecule has 2 amide bonds. The van der Waals surface area contributed by atoms with Gasteiger partial charge in [0, 0.05) is 19.6 Å². The van der Waals surface area contributed by atoms with E-state index in [-0.39, 0.29) is 11.9 Å². The summed E-state index contributed by atoms with van der Waals surface area (Å²) in [5.41, 5.74) is -0.669. The first-order chi connectivity index (χ1) is 10.1. The molecule has 118 valence electrons. The predicted molar refractivity (Wildman–Crippen MR) is 82.4 cm³/mol. The third kappa shape index (κ3) is 2.87. The average molecular weight is 312 g/mol. The Bertz CT molecular complexity index is 425. The van der Waals surface area contributed by atoms with Gasteiger partial charge in [-0.1, -0.05) is 6.42 Å². The number of fused-ring (bicyclic) bond motifs is 1. The van der Waals surface area contributed by atoms with E-state index in [9.17, 15) is 14.7 Å². The fourth-order valence-corrected chi connectivity index (χ4v) is 5.26. The van der Waals surface area contributed by atoms with E-state index in [1.807, 2.05) is 11.8 Å². The second kappa shape index (κ2) is 6.07. The molecule has 1 unspecified atom stereocenters. The molecule has 5 nitrogen and oxygen atoms in total. The molecule has 3 rings (SSSR count). The molecule has 0 aromatic carbocycles. The number of carboxylic acids is 1. The van der Waals surface area contributed by atoms with E-state index in [0.717, 1.165) is 31.6 Å². The van der Waals surface area contributed by atoms with Crippen molar-refractivity contribution in [3.8, 4) is 0 Å². The van der Waals surface area contributed by atoms with Crippen molar-refractivity contribution in [3.05, 3.63) is 0 Å². The lowest BCUT2D eigenvalue weighted by atomic mass is 9.81. The minimum atomic E-state index is -0.719. The molecule has 6 heteroatoms. The highest BCUT2D eigenvalue weighted by atomic mass is 32.2. The van der Waals surface area contributed by atoms with Gasteiger partial charge in [-0.3, -0.25) is 4.79 Å². The number of hydrogen-bond acceptors (Lipinski definition) is 3. The van der Waals surface area contributed by atoms with Crippen molar-refractivity contribution in [2.75, 3.05) is 31.1 Å². The summed E-state index contributed by atoms with van der Waals surface area (Å²) in [6.07, 6.45) is 5.06. The van der Waals surface area contributed by atoms with Crippen LogP contribution in [-0.2, 0) is 4.79 Å². The Hall–Kier alpha value is -0.910. The number of nitrogens with one attached hydrogen (secondary N) is 1. The molecule has 3 aliphatic rings. The average Bonchev–Trinajstić information content (AvgIpc) is 3.03. The van der Waals surface area contributed by atoms with Crippen LogP contribution in [0.25, 0.3) is 0 Å². The Morgan fingerprint density at radius 3 is 2.86 bits per heavy atom. The number of carbonyl (C=O) groups excluding carboxylic acids is 1. The molecular weight excluding hydrogens is 288 g/mol. The molecule has 1 aliphatic carbocycles. The van der Waals surface area contributed by atoms with Gasteiger partial charge in [0.25, 0.3) is 0 Å². The monoisotopic (exact) mass is 312 g/mol. The highest BCUT2D eigenvalue weighted by Gasteiger charge is 2.55. The largest absolute Gasteiger partial charge is 0.481 e. The van der Waals surface area contributed by atoms with Crippen LogP contribution in [0.4, 0.5) is 4.79 Å². The first-order valence-corrected chi connectivity index (χ1v) is 9.11. The van der Waals surface area contributed by atoms with E-state index < -0.39 is 11.4 Å². The first-order valence-electron chi connectivity index (χ1n) is 7.96. The summed E-state index contributed by atoms with van der Waals surface area (Å²) in [5, 5.41) is 12.6. The van der Waals surface area contributed by atoms with Crippen molar-refractivity contribution >= 4 is 23.8 Å². The number of rotatable bonds is 3. The Balaban J connectivity index is 1.53. The SMILES string of the molecule is O=C(NCC1CCCSC1)N1C[C@@H]2CCC[C@@]2(C(=O)O)C1. The van der Waals surface area contributed by atoms with Gasteiger partial charge < -0.3 is 15.3 Å². The molecule has 2 heterocycles. The van der Waals surface area contributed by atoms with E-state index >= 15 is 0 Å². The van der Waals surface area contributed by atoms with E-state index in [2.05, 4.69) is 5.32 Å². The van der Waals surface area contributed by atoms with Crippen molar-refractivity contribution < 1.29 is 14.7 Å². The Morgan fingerprint density at radius 1 is 1.33 bits per heavy atom. The molecule has 2 aliphatic heterocycles. The zero-order valence-corrected chi connectivity index (χ0v) is 13.2. The molecule has 21 heavy (non-hydrogen) atoms. The minimum absolute atomic E-state index is 0.0689. The van der Waals surface area contributed by atoms with Gasteiger partial charge >= 0.3 is 12.0 Å². The number of aliphatic carboxylic acids is 1. The third-order valence-electron chi connectivity index (χ3n) is 5.38. The van der Waals surface area contributed by atoms with Crippen LogP contribution >= 0.6 is 11.8 Å². The second-order valence-corrected chi connectivity index (χ2v) is 7.85. The lowest BCUT2D eigenvalue weighted by Crippen LogP contribution is -2.43. The van der Waals surface area contributed by atoms with Gasteiger partial charge in [0.2, 0.25) is 0 Å². The standard InChI is InChI=1S/C15H24N2O3S/c18-13(19)15-5-1-4-12(15)8-17(10-15)14(20)16-7-11-3-2-6-21-9-11/h11-12H,1-10H2,(H,16,20)(H,18,19)/t11?,12-,15+/m0/s1. The Kier molecular flexibility index (Phi) is 4.33. The second-order valence-electron chi connectivity index (χ2n) is 6.70. The molecule has 0 radical (unpaired) electrons. The fourth-order valence-electron chi connectivity index (χ4n) is 4.11. The summed E-state index contributed by atoms with van der Waals surface area (Å²) in [5.74, 6) is 2.36. The van der Waals surface area contributed by atoms with Crippen molar-refractivity contribution in [1.29, 1.82) is 0 Å². The summed E-state index contributed by atoms with van der Waals surface area (Å²) < 4.78 is 0. The number of nitrogens with zero attached hydrogens (tertiary/aromatic N) is 1. The molecule has 0 bridgehead atoms. The van der Waals surface area contributed by atoms with Crippen molar-refractivity contribution in [1.82, 2.24) is 10.2 Å². The number of urea groups is 1. The van der Waals surface area contributed by atoms with Gasteiger partial charge in [-0.15, -0.1) is 0 Å². The van der Waals surface area contributed by atoms with Crippen LogP contribution in [0.1, 0.15) is 32.1 Å². The zero-order chi connectivity index (χ0) is 14.9. The summed E-state index contributed by atoms with van der Waals surface area (Å²) in [6, 6.07) is -0.0689. The normalized spacial score (nSPS) is 35.5. The van der Waals surface area contributed by atoms with Crippen LogP contribution in [-0.4, -0.2) is 53.1 Å². The number of carbonyl (C=O) groups is 2. The lowest BCUT2D eigenvalue weighted by Gasteiger charge is -2.25. The van der Waals surface area contributed by atoms with Crippen LogP contribution in [0.2, 0.25) is 0 Å². The van der Waals surface area contributed by atoms with E-state index in [1.54, 1.807) is 4.90 Å². The van der Waals surface area contributed by atoms with Crippen LogP contribution in [0.15, 0.2) is 0 Å². The maximum Gasteiger partial charge on any atom is 0.317 e. The third-order valence-corrected chi connectivity index (χ3v) is 6.66. The molecule has 2 N–H and O–H groups in total. The van der Waals surface area contributed by atoms with Crippen LogP contribution in [0, 0.1) is 17.3 Å². The molecule has 2 saturated heterocycles. The molecule has 1 saturated carbocycles. The van der Waals surface area contributed by atoms with E-state index in [1.165, 1.54) is 18.6 Å². The molecule has 3 fully saturated rings. The molecule has 0 spiro atoms. The molecule has 0 aromatic rings. The van der Waals surface area contributed by atoms with Crippen molar-refractivity contribution in [3.63, 3.8) is 0 Å². The maximum atomic E-state index is 12.3. The Labute approximate surface area is 129 Å². The zero-order valence-electron chi connectivity index (χ0n) is 12.3. The van der Waals surface area contributed by atoms with Gasteiger partial charge in [0.1, 0.15) is 0 Å². The van der Waals surface area contributed by atoms with Gasteiger partial charge in [0.05, 0.1) is 5.41 Å². The summed E-state index contributed by atoms with van der Waals surface area (Å²) in [6.45, 7) is 1.73. The van der Waals surface area contributed by atoms with Gasteiger partial charge in [-0.2, -0.15) is 11.8 Å². The van der Waals surface area contributed by atoms with Gasteiger partial charge in [-0.05, 0) is 49.0 Å². The van der Waals surface area contributed by atoms with Crippen LogP contribution in [0.5, 0.6) is 0 Å². The summed E-state index contributed by atoms with van der Waals surface area (Å²) in [4.78, 5) is 25.6. The van der Waals surface area contributed by atoms with Gasteiger partial charge in [0.15, 0.2) is 0 Å². The van der Waals surface area contributed by atoms with E-state index in [0.29, 0.717) is 19.0 Å². The Morgan fingerprint density at radius 2 is 2.19 bits per heavy atom. The van der Waals surface area contributed by atoms with Crippen LogP contribution < -0.4 is 5.32 Å². The topological polar surface area (TPSA) is 69.6 Å². The highest BCUT2D eigenvalue weighted by molar-refractivity contribution is 7.99. The lowest BCUT2D eigenvalue weighted by molar-refractivity contribution is -0.149. The molecule has 3 atom stereocenters. The van der Waals surface area contributed by atoms with E-state index in [4.69, 9.17) is 0 Å². The maximum absolute atomic E-state index is 12.3. The molecular formula is C15H24N2O3S. The number of amides is 2. The summed E-state index contributed by atoms with van der Waals surface area (Å²) >= 11 is 1.96. The number of hydrogen-bond donors (Lipinski definition) is 2. The number of likely N-dealkylation sites (tertiary alicyclic amines) is 1. The van der Waals surface area contributed by atoms with Crippen molar-refractivity contribution in [2.24, 2.45) is 17.3 Å². The van der Waals surface area contributed by atoms with Crippen LogP contribution in [0.3, 0.4) is 0 Å². The van der Waals surface area contributed by atoms with Crippen molar-refractivity contribution in [2.45, 2.75) is 32.1 Å².